The zero-order valence-corrected chi connectivity index (χ0v) is 40.1. The van der Waals surface area contributed by atoms with E-state index in [4.69, 9.17) is 32.1 Å². The number of urea groups is 1. The number of pyridine rings is 1. The molecular formula is C46H59N8O6S2Si+. The first-order valence-electron chi connectivity index (χ1n) is 22.1. The highest BCUT2D eigenvalue weighted by atomic mass is 32.1. The predicted octanol–water partition coefficient (Wildman–Crippen LogP) is 6.23. The molecule has 2 N–H and O–H groups in total. The highest BCUT2D eigenvalue weighted by molar-refractivity contribution is 7.81. The molecule has 3 aromatic heterocycles. The molecular weight excluding hydrogens is 853 g/mol. The number of ether oxygens (including phenoxy) is 2. The van der Waals surface area contributed by atoms with Crippen LogP contribution in [0.4, 0.5) is 4.79 Å². The Hall–Kier alpha value is -4.29. The number of aromatic nitrogens is 3. The van der Waals surface area contributed by atoms with Crippen LogP contribution in [0.15, 0.2) is 41.9 Å². The van der Waals surface area contributed by atoms with Gasteiger partial charge in [0, 0.05) is 97.6 Å². The second-order valence-corrected chi connectivity index (χ2v) is 21.1. The number of methoxy groups -OCH3 is 1. The molecule has 7 atom stereocenters. The summed E-state index contributed by atoms with van der Waals surface area (Å²) in [6, 6.07) is 8.70. The summed E-state index contributed by atoms with van der Waals surface area (Å²) in [6.07, 6.45) is 2.59. The Morgan fingerprint density at radius 2 is 1.95 bits per heavy atom. The van der Waals surface area contributed by atoms with Crippen LogP contribution in [0.2, 0.25) is 5.54 Å². The minimum atomic E-state index is -0.954. The molecule has 6 bridgehead atoms. The minimum absolute atomic E-state index is 0.0905. The van der Waals surface area contributed by atoms with Crippen molar-refractivity contribution in [1.29, 1.82) is 0 Å². The van der Waals surface area contributed by atoms with Gasteiger partial charge in [-0.25, -0.2) is 15.2 Å². The highest BCUT2D eigenvalue weighted by Crippen LogP contribution is 2.57. The first kappa shape index (κ1) is 45.3. The molecule has 6 heterocycles. The van der Waals surface area contributed by atoms with Crippen LogP contribution in [0.1, 0.15) is 82.7 Å². The zero-order valence-electron chi connectivity index (χ0n) is 37.4. The quantitative estimate of drug-likeness (QED) is 0.0810. The number of benzene rings is 1. The molecule has 4 unspecified atom stereocenters. The molecule has 1 aromatic carbocycles. The SMILES string of the molecule is CCn1c2c3c4cc(ccc41)-c1csc(n1)CC(C(S)NC(=O)[C@H](C(C)C)N(C)C(=O)N1CC(C(C)[Si+])C1)C(=O)N1CCC[C@H](N1)C(=O)OCC(C)(C)C3[C@H](OC)c1ncccc1-2. The maximum Gasteiger partial charge on any atom is 0.708 e. The van der Waals surface area contributed by atoms with E-state index in [0.29, 0.717) is 43.4 Å². The van der Waals surface area contributed by atoms with Crippen molar-refractivity contribution >= 4 is 68.9 Å². The summed E-state index contributed by atoms with van der Waals surface area (Å²) in [7, 11) is 7.04. The second kappa shape index (κ2) is 17.9. The number of nitrogens with one attached hydrogen (secondary N) is 2. The van der Waals surface area contributed by atoms with Gasteiger partial charge in [0.05, 0.1) is 40.0 Å². The van der Waals surface area contributed by atoms with Gasteiger partial charge in [0.15, 0.2) is 0 Å². The second-order valence-electron chi connectivity index (χ2n) is 18.6. The third-order valence-corrected chi connectivity index (χ3v) is 15.4. The Bertz CT molecular complexity index is 2400. The van der Waals surface area contributed by atoms with Crippen LogP contribution in [-0.4, -0.2) is 121 Å². The molecule has 8 rings (SSSR count). The van der Waals surface area contributed by atoms with Gasteiger partial charge >= 0.3 is 22.2 Å². The van der Waals surface area contributed by atoms with E-state index in [1.54, 1.807) is 25.3 Å². The fourth-order valence-corrected chi connectivity index (χ4v) is 11.5. The number of hydrogen-bond donors (Lipinski definition) is 3. The first-order chi connectivity index (χ1) is 30.0. The lowest BCUT2D eigenvalue weighted by Gasteiger charge is -2.43. The number of hydrazine groups is 1. The normalized spacial score (nSPS) is 23.9. The van der Waals surface area contributed by atoms with E-state index in [0.717, 1.165) is 51.2 Å². The van der Waals surface area contributed by atoms with Crippen LogP contribution >= 0.6 is 24.0 Å². The predicted molar refractivity (Wildman–Crippen MR) is 247 cm³/mol. The summed E-state index contributed by atoms with van der Waals surface area (Å²) >= 11 is 6.36. The van der Waals surface area contributed by atoms with Crippen molar-refractivity contribution in [3.05, 3.63) is 58.2 Å². The average molecular weight is 912 g/mol. The van der Waals surface area contributed by atoms with Crippen LogP contribution in [0.5, 0.6) is 0 Å². The van der Waals surface area contributed by atoms with Gasteiger partial charge in [-0.2, -0.15) is 12.6 Å². The number of nitrogens with zero attached hydrogens (tertiary/aromatic N) is 6. The lowest BCUT2D eigenvalue weighted by molar-refractivity contribution is -0.156. The number of carbonyl (C=O) groups is 4. The molecule has 2 radical (unpaired) electrons. The van der Waals surface area contributed by atoms with Gasteiger partial charge < -0.3 is 29.2 Å². The number of amides is 4. The number of likely N-dealkylation sites (tertiary alicyclic amines) is 1. The van der Waals surface area contributed by atoms with E-state index in [9.17, 15) is 19.2 Å². The van der Waals surface area contributed by atoms with Crippen molar-refractivity contribution in [3.8, 4) is 22.5 Å². The summed E-state index contributed by atoms with van der Waals surface area (Å²) in [5, 5.41) is 7.30. The molecule has 14 nitrogen and oxygen atoms in total. The molecule has 0 spiro atoms. The number of esters is 1. The van der Waals surface area contributed by atoms with Gasteiger partial charge in [0.25, 0.3) is 0 Å². The third-order valence-electron chi connectivity index (χ3n) is 13.6. The fraction of sp³-hybridized carbons (Fsp3) is 0.565. The Kier molecular flexibility index (Phi) is 12.9. The zero-order chi connectivity index (χ0) is 45.1. The van der Waals surface area contributed by atoms with Crippen LogP contribution in [-0.2, 0) is 36.8 Å². The Morgan fingerprint density at radius 3 is 2.65 bits per heavy atom. The number of carbonyl (C=O) groups excluding carboxylic acids is 4. The van der Waals surface area contributed by atoms with Crippen molar-refractivity contribution in [2.24, 2.45) is 23.2 Å². The van der Waals surface area contributed by atoms with E-state index in [1.165, 1.54) is 21.2 Å². The van der Waals surface area contributed by atoms with Gasteiger partial charge in [-0.05, 0) is 62.4 Å². The van der Waals surface area contributed by atoms with E-state index >= 15 is 0 Å². The highest BCUT2D eigenvalue weighted by Gasteiger charge is 2.48. The summed E-state index contributed by atoms with van der Waals surface area (Å²) in [6.45, 7) is 14.6. The standard InChI is InChI=1S/C46H59N8O6S2Si/c1-9-53-33-15-14-26-18-29(33)35-36(40(59-8)37-28(39(35)53)12-10-16-47-37)46(5,6)23-60-44(57)31-13-11-17-54(50-31)43(56)30(19-34-48-32(26)22-62-34)42(61)49-41(55)38(24(2)3)51(7)45(58)52-20-27(21-52)25(4)63/h10,12,14-16,18,22,24-25,27,30-31,36,38,40,42,50,61H,9,11,13,17,19-21,23H2,1-8H3,(H,49,55)/q+1/t25?,30?,31-,36?,38-,40-,42?/m0/s1. The van der Waals surface area contributed by atoms with Gasteiger partial charge in [0.1, 0.15) is 23.7 Å². The van der Waals surface area contributed by atoms with Gasteiger partial charge in [-0.1, -0.05) is 33.8 Å². The van der Waals surface area contributed by atoms with Crippen LogP contribution in [0.3, 0.4) is 0 Å². The number of thiazole rings is 1. The molecule has 4 aromatic rings. The number of rotatable bonds is 8. The average Bonchev–Trinajstić information content (AvgIpc) is 3.85. The molecule has 2 saturated heterocycles. The van der Waals surface area contributed by atoms with Gasteiger partial charge in [-0.3, -0.25) is 24.4 Å². The molecule has 63 heavy (non-hydrogen) atoms. The largest absolute Gasteiger partial charge is 0.708 e. The van der Waals surface area contributed by atoms with E-state index in [1.807, 2.05) is 25.3 Å². The van der Waals surface area contributed by atoms with E-state index in [2.05, 4.69) is 77.5 Å². The maximum atomic E-state index is 14.7. The van der Waals surface area contributed by atoms with Crippen LogP contribution in [0.25, 0.3) is 33.4 Å². The molecule has 4 aliphatic rings. The lowest BCUT2D eigenvalue weighted by atomic mass is 9.67. The number of cyclic esters (lactones) is 1. The molecule has 4 amide bonds. The van der Waals surface area contributed by atoms with Crippen molar-refractivity contribution in [2.45, 2.75) is 102 Å². The number of aryl methyl sites for hydroxylation is 1. The Labute approximate surface area is 382 Å². The molecule has 3 aliphatic heterocycles. The van der Waals surface area contributed by atoms with Crippen LogP contribution < -0.4 is 10.7 Å². The van der Waals surface area contributed by atoms with E-state index < -0.39 is 46.8 Å². The summed E-state index contributed by atoms with van der Waals surface area (Å²) in [4.78, 5) is 69.8. The summed E-state index contributed by atoms with van der Waals surface area (Å²) in [5.74, 6) is -2.19. The fourth-order valence-electron chi connectivity index (χ4n) is 10.1. The first-order valence-corrected chi connectivity index (χ1v) is 24.1. The third kappa shape index (κ3) is 8.32. The lowest BCUT2D eigenvalue weighted by Crippen LogP contribution is -2.61. The number of hydrogen-bond acceptors (Lipinski definition) is 11. The molecule has 0 saturated carbocycles. The van der Waals surface area contributed by atoms with Crippen molar-refractivity contribution in [1.82, 2.24) is 40.1 Å². The minimum Gasteiger partial charge on any atom is -0.464 e. The van der Waals surface area contributed by atoms with Gasteiger partial charge in [-0.15, -0.1) is 11.3 Å². The van der Waals surface area contributed by atoms with Crippen molar-refractivity contribution in [3.63, 3.8) is 0 Å². The van der Waals surface area contributed by atoms with Crippen molar-refractivity contribution < 1.29 is 28.7 Å². The number of thiol groups is 1. The number of likely N-dealkylation sites (N-methyl/N-ethyl adjacent to an activating group) is 1. The smallest absolute Gasteiger partial charge is 0.464 e. The summed E-state index contributed by atoms with van der Waals surface area (Å²) < 4.78 is 14.9. The summed E-state index contributed by atoms with van der Waals surface area (Å²) in [5.41, 5.74) is 9.66. The molecule has 2 fully saturated rings. The Balaban J connectivity index is 1.17. The topological polar surface area (TPSA) is 151 Å². The van der Waals surface area contributed by atoms with E-state index in [-0.39, 0.29) is 42.3 Å². The number of fused-ring (bicyclic) bond motifs is 8. The maximum absolute atomic E-state index is 14.7. The molecule has 334 valence electrons. The van der Waals surface area contributed by atoms with Crippen LogP contribution in [0, 0.1) is 23.2 Å². The monoisotopic (exact) mass is 911 g/mol. The van der Waals surface area contributed by atoms with Gasteiger partial charge in [0.2, 0.25) is 11.8 Å². The Morgan fingerprint density at radius 1 is 1.19 bits per heavy atom. The molecule has 17 heteroatoms. The van der Waals surface area contributed by atoms with Crippen molar-refractivity contribution in [2.75, 3.05) is 40.4 Å². The molecule has 1 aliphatic carbocycles.